The second kappa shape index (κ2) is 6.27. The third-order valence-corrected chi connectivity index (χ3v) is 7.12. The minimum Gasteiger partial charge on any atom is -0.258 e. The van der Waals surface area contributed by atoms with E-state index in [1.54, 1.807) is 12.1 Å². The van der Waals surface area contributed by atoms with Crippen LogP contribution in [0.15, 0.2) is 64.9 Å². The molecule has 1 unspecified atom stereocenters. The number of nitrogens with zero attached hydrogens (tertiary/aromatic N) is 1. The average molecular weight is 381 g/mol. The molecule has 0 fully saturated rings. The fourth-order valence-corrected chi connectivity index (χ4v) is 5.60. The van der Waals surface area contributed by atoms with Crippen molar-refractivity contribution in [2.45, 2.75) is 17.9 Å². The summed E-state index contributed by atoms with van der Waals surface area (Å²) in [6, 6.07) is 10.3. The Labute approximate surface area is 146 Å². The Morgan fingerprint density at radius 1 is 1.04 bits per heavy atom. The van der Waals surface area contributed by atoms with Crippen molar-refractivity contribution >= 4 is 25.5 Å². The molecule has 25 heavy (non-hydrogen) atoms. The third-order valence-electron chi connectivity index (χ3n) is 3.87. The third kappa shape index (κ3) is 3.59. The van der Waals surface area contributed by atoms with Crippen LogP contribution in [0.2, 0.25) is 0 Å². The summed E-state index contributed by atoms with van der Waals surface area (Å²) in [5.41, 5.74) is 1.10. The first-order valence-electron chi connectivity index (χ1n) is 7.47. The van der Waals surface area contributed by atoms with Gasteiger partial charge in [0.15, 0.2) is 9.84 Å². The molecule has 0 radical (unpaired) electrons. The molecule has 0 saturated carbocycles. The highest BCUT2D eigenvalue weighted by Gasteiger charge is 2.35. The van der Waals surface area contributed by atoms with E-state index in [1.165, 1.54) is 30.3 Å². The van der Waals surface area contributed by atoms with Gasteiger partial charge >= 0.3 is 0 Å². The molecule has 3 rings (SSSR count). The topological polar surface area (TPSA) is 71.5 Å². The number of sulfonamides is 1. The second-order valence-corrected chi connectivity index (χ2v) is 9.56. The fraction of sp³-hybridized carbons (Fsp3) is 0.176. The number of sulfone groups is 1. The van der Waals surface area contributed by atoms with Crippen LogP contribution in [0.4, 0.5) is 10.1 Å². The molecule has 5 nitrogen and oxygen atoms in total. The van der Waals surface area contributed by atoms with Crippen LogP contribution in [0.25, 0.3) is 0 Å². The lowest BCUT2D eigenvalue weighted by molar-refractivity contribution is 0.586. The van der Waals surface area contributed by atoms with Gasteiger partial charge in [-0.1, -0.05) is 17.7 Å². The van der Waals surface area contributed by atoms with Gasteiger partial charge in [-0.3, -0.25) is 4.31 Å². The Balaban J connectivity index is 2.12. The molecule has 2 aromatic carbocycles. The van der Waals surface area contributed by atoms with Gasteiger partial charge < -0.3 is 0 Å². The molecule has 1 heterocycles. The van der Waals surface area contributed by atoms with Crippen LogP contribution in [0.5, 0.6) is 0 Å². The summed E-state index contributed by atoms with van der Waals surface area (Å²) in [5, 5.41) is 1.01. The Hall–Kier alpha value is -2.19. The summed E-state index contributed by atoms with van der Waals surface area (Å²) in [4.78, 5) is 0.0418. The van der Waals surface area contributed by atoms with Crippen molar-refractivity contribution < 1.29 is 21.2 Å². The van der Waals surface area contributed by atoms with E-state index in [4.69, 9.17) is 0 Å². The predicted octanol–water partition coefficient (Wildman–Crippen LogP) is 2.64. The minimum absolute atomic E-state index is 0.0418. The van der Waals surface area contributed by atoms with Gasteiger partial charge in [-0.05, 0) is 49.4 Å². The normalized spacial score (nSPS) is 19.0. The maximum Gasteiger partial charge on any atom is 0.264 e. The summed E-state index contributed by atoms with van der Waals surface area (Å²) in [5.74, 6) is -0.860. The summed E-state index contributed by atoms with van der Waals surface area (Å²) in [6.07, 6.45) is 1.34. The van der Waals surface area contributed by atoms with Crippen molar-refractivity contribution in [3.8, 4) is 0 Å². The summed E-state index contributed by atoms with van der Waals surface area (Å²) in [6.45, 7) is 1.83. The molecular weight excluding hydrogens is 365 g/mol. The van der Waals surface area contributed by atoms with Gasteiger partial charge in [0.1, 0.15) is 5.82 Å². The van der Waals surface area contributed by atoms with Gasteiger partial charge in [0.2, 0.25) is 0 Å². The molecule has 0 spiro atoms. The second-order valence-electron chi connectivity index (χ2n) is 5.82. The molecule has 8 heteroatoms. The van der Waals surface area contributed by atoms with Crippen LogP contribution < -0.4 is 4.31 Å². The molecule has 1 aliphatic heterocycles. The van der Waals surface area contributed by atoms with Gasteiger partial charge in [0.25, 0.3) is 10.0 Å². The lowest BCUT2D eigenvalue weighted by Crippen LogP contribution is -2.41. The Morgan fingerprint density at radius 3 is 2.16 bits per heavy atom. The minimum atomic E-state index is -4.02. The van der Waals surface area contributed by atoms with Gasteiger partial charge in [-0.15, -0.1) is 0 Å². The van der Waals surface area contributed by atoms with Crippen molar-refractivity contribution in [1.29, 1.82) is 0 Å². The van der Waals surface area contributed by atoms with E-state index in [1.807, 2.05) is 6.92 Å². The van der Waals surface area contributed by atoms with Crippen LogP contribution in [0.1, 0.15) is 5.56 Å². The molecule has 2 aromatic rings. The summed E-state index contributed by atoms with van der Waals surface area (Å²) < 4.78 is 64.1. The Morgan fingerprint density at radius 2 is 1.64 bits per heavy atom. The maximum atomic E-state index is 13.2. The zero-order valence-corrected chi connectivity index (χ0v) is 15.0. The van der Waals surface area contributed by atoms with Crippen molar-refractivity contribution in [3.63, 3.8) is 0 Å². The van der Waals surface area contributed by atoms with Crippen molar-refractivity contribution in [2.24, 2.45) is 0 Å². The first-order chi connectivity index (χ1) is 11.7. The molecule has 0 saturated heterocycles. The van der Waals surface area contributed by atoms with E-state index in [2.05, 4.69) is 0 Å². The average Bonchev–Trinajstić information content (AvgIpc) is 2.89. The highest BCUT2D eigenvalue weighted by Crippen LogP contribution is 2.29. The molecule has 132 valence electrons. The van der Waals surface area contributed by atoms with Gasteiger partial charge in [0, 0.05) is 5.41 Å². The van der Waals surface area contributed by atoms with E-state index in [0.29, 0.717) is 0 Å². The van der Waals surface area contributed by atoms with E-state index < -0.39 is 31.7 Å². The van der Waals surface area contributed by atoms with Crippen LogP contribution in [-0.2, 0) is 19.9 Å². The first kappa shape index (κ1) is 17.6. The Bertz CT molecular complexity index is 1010. The van der Waals surface area contributed by atoms with Crippen molar-refractivity contribution in [3.05, 3.63) is 71.4 Å². The summed E-state index contributed by atoms with van der Waals surface area (Å²) >= 11 is 0. The van der Waals surface area contributed by atoms with Crippen LogP contribution in [0.3, 0.4) is 0 Å². The molecule has 1 atom stereocenters. The SMILES string of the molecule is Cc1ccc(S(=O)(=O)N(c2ccc(F)cc2)C2C=CS(=O)(=O)C2)cc1. The Kier molecular flexibility index (Phi) is 4.42. The fourth-order valence-electron chi connectivity index (χ4n) is 2.63. The zero-order valence-electron chi connectivity index (χ0n) is 13.3. The van der Waals surface area contributed by atoms with Crippen LogP contribution in [0, 0.1) is 12.7 Å². The molecule has 0 amide bonds. The standard InChI is InChI=1S/C17H16FNO4S2/c1-13-2-8-17(9-3-13)25(22,23)19(15-6-4-14(18)5-7-15)16-10-11-24(20,21)12-16/h2-11,16H,12H2,1H3. The molecule has 0 bridgehead atoms. The van der Waals surface area contributed by atoms with E-state index >= 15 is 0 Å². The zero-order chi connectivity index (χ0) is 18.2. The maximum absolute atomic E-state index is 13.2. The molecule has 0 aromatic heterocycles. The number of aryl methyl sites for hydroxylation is 1. The number of anilines is 1. The predicted molar refractivity (Wildman–Crippen MR) is 94.0 cm³/mol. The van der Waals surface area contributed by atoms with E-state index in [-0.39, 0.29) is 16.3 Å². The quantitative estimate of drug-likeness (QED) is 0.816. The monoisotopic (exact) mass is 381 g/mol. The van der Waals surface area contributed by atoms with Gasteiger partial charge in [-0.2, -0.15) is 0 Å². The largest absolute Gasteiger partial charge is 0.264 e. The van der Waals surface area contributed by atoms with Gasteiger partial charge in [0.05, 0.1) is 22.4 Å². The smallest absolute Gasteiger partial charge is 0.258 e. The molecule has 1 aliphatic rings. The lowest BCUT2D eigenvalue weighted by Gasteiger charge is -2.29. The molecule has 0 N–H and O–H groups in total. The number of benzene rings is 2. The van der Waals surface area contributed by atoms with Crippen LogP contribution in [-0.4, -0.2) is 28.6 Å². The number of hydrogen-bond donors (Lipinski definition) is 0. The number of halogens is 1. The van der Waals surface area contributed by atoms with Crippen molar-refractivity contribution in [1.82, 2.24) is 0 Å². The van der Waals surface area contributed by atoms with Crippen molar-refractivity contribution in [2.75, 3.05) is 10.1 Å². The molecular formula is C17H16FNO4S2. The van der Waals surface area contributed by atoms with E-state index in [0.717, 1.165) is 27.4 Å². The summed E-state index contributed by atoms with van der Waals surface area (Å²) in [7, 11) is -7.49. The van der Waals surface area contributed by atoms with E-state index in [9.17, 15) is 21.2 Å². The molecule has 0 aliphatic carbocycles. The van der Waals surface area contributed by atoms with Gasteiger partial charge in [-0.25, -0.2) is 21.2 Å². The highest BCUT2D eigenvalue weighted by atomic mass is 32.2. The highest BCUT2D eigenvalue weighted by molar-refractivity contribution is 7.95. The number of rotatable bonds is 4. The first-order valence-corrected chi connectivity index (χ1v) is 10.6. The lowest BCUT2D eigenvalue weighted by atomic mass is 10.2. The van der Waals surface area contributed by atoms with Crippen LogP contribution >= 0.6 is 0 Å². The number of hydrogen-bond acceptors (Lipinski definition) is 4.